The number of urea groups is 1. The Morgan fingerprint density at radius 2 is 1.45 bits per heavy atom. The van der Waals surface area contributed by atoms with Crippen molar-refractivity contribution in [3.8, 4) is 0 Å². The minimum Gasteiger partial charge on any atom is -0.379 e. The van der Waals surface area contributed by atoms with Gasteiger partial charge in [-0.1, -0.05) is 29.8 Å². The van der Waals surface area contributed by atoms with Crippen LogP contribution in [0.1, 0.15) is 40.5 Å². The van der Waals surface area contributed by atoms with Gasteiger partial charge in [-0.3, -0.25) is 10.1 Å². The molecule has 0 unspecified atom stereocenters. The number of halogens is 1. The van der Waals surface area contributed by atoms with Gasteiger partial charge in [0.05, 0.1) is 13.2 Å². The molecule has 0 aromatic carbocycles. The van der Waals surface area contributed by atoms with E-state index in [0.717, 1.165) is 26.4 Å². The number of hydrogen-bond donors (Lipinski definition) is 2. The molecule has 0 aliphatic rings. The summed E-state index contributed by atoms with van der Waals surface area (Å²) in [4.78, 5) is 21.6. The number of nitrogens with one attached hydrogen (secondary N) is 1. The van der Waals surface area contributed by atoms with Crippen LogP contribution in [0.2, 0.25) is 0 Å². The molecule has 0 aromatic rings. The third-order valence-electron chi connectivity index (χ3n) is 2.54. The topological polar surface area (TPSA) is 90.7 Å². The molecule has 3 N–H and O–H groups in total. The molecular weight excluding hydrogens is 328 g/mol. The van der Waals surface area contributed by atoms with E-state index < -0.39 is 10.4 Å². The predicted octanol–water partition coefficient (Wildman–Crippen LogP) is 2.19. The lowest BCUT2D eigenvalue weighted by Crippen LogP contribution is -2.46. The summed E-state index contributed by atoms with van der Waals surface area (Å²) in [6, 6.07) is -0.814. The van der Waals surface area contributed by atoms with Gasteiger partial charge >= 0.3 is 6.03 Å². The van der Waals surface area contributed by atoms with Gasteiger partial charge in [0, 0.05) is 13.2 Å². The fourth-order valence-electron chi connectivity index (χ4n) is 1.20. The second-order valence-electron chi connectivity index (χ2n) is 3.88. The first-order valence-corrected chi connectivity index (χ1v) is 7.62. The van der Waals surface area contributed by atoms with E-state index in [1.165, 1.54) is 0 Å². The molecule has 120 valence electrons. The molecule has 20 heavy (non-hydrogen) atoms. The smallest absolute Gasteiger partial charge is 0.318 e. The molecule has 0 saturated carbocycles. The number of rotatable bonds is 8. The largest absolute Gasteiger partial charge is 0.379 e. The van der Waals surface area contributed by atoms with Gasteiger partial charge in [0.1, 0.15) is 4.32 Å². The van der Waals surface area contributed by atoms with Crippen LogP contribution in [0.5, 0.6) is 0 Å². The number of nitrogens with two attached hydrogens (primary N) is 1. The summed E-state index contributed by atoms with van der Waals surface area (Å²) in [5, 5.41) is 2.04. The molecule has 0 saturated heterocycles. The van der Waals surface area contributed by atoms with Gasteiger partial charge in [-0.05, 0) is 26.7 Å². The minimum absolute atomic E-state index is 0.375. The summed E-state index contributed by atoms with van der Waals surface area (Å²) in [7, 11) is 0. The number of primary amides is 1. The van der Waals surface area contributed by atoms with E-state index in [-0.39, 0.29) is 5.91 Å². The van der Waals surface area contributed by atoms with E-state index in [4.69, 9.17) is 15.2 Å². The van der Waals surface area contributed by atoms with Crippen LogP contribution in [-0.4, -0.2) is 42.7 Å². The first kappa shape index (κ1) is 21.6. The Balaban J connectivity index is 0. The van der Waals surface area contributed by atoms with E-state index >= 15 is 0 Å². The zero-order valence-corrected chi connectivity index (χ0v) is 14.4. The predicted molar refractivity (Wildman–Crippen MR) is 83.0 cm³/mol. The molecule has 3 amide bonds. The quantitative estimate of drug-likeness (QED) is 0.516. The maximum atomic E-state index is 11.3. The van der Waals surface area contributed by atoms with E-state index in [2.05, 4.69) is 15.9 Å². The molecule has 0 radical (unpaired) electrons. The van der Waals surface area contributed by atoms with Crippen LogP contribution in [0.3, 0.4) is 0 Å². The number of imide groups is 1. The van der Waals surface area contributed by atoms with Gasteiger partial charge in [-0.15, -0.1) is 0 Å². The third-order valence-corrected chi connectivity index (χ3v) is 4.03. The van der Waals surface area contributed by atoms with Crippen molar-refractivity contribution in [2.24, 2.45) is 5.73 Å². The molecule has 0 aromatic heterocycles. The van der Waals surface area contributed by atoms with E-state index in [0.29, 0.717) is 12.8 Å². The van der Waals surface area contributed by atoms with E-state index in [1.807, 2.05) is 33.0 Å². The molecule has 0 aliphatic heterocycles. The molecule has 7 heteroatoms. The zero-order valence-electron chi connectivity index (χ0n) is 12.8. The molecule has 0 rings (SSSR count). The number of ether oxygens (including phenoxy) is 2. The van der Waals surface area contributed by atoms with E-state index in [9.17, 15) is 9.59 Å². The average Bonchev–Trinajstić information content (AvgIpc) is 2.42. The molecule has 0 spiro atoms. The highest BCUT2D eigenvalue weighted by Gasteiger charge is 2.32. The fraction of sp³-hybridized carbons (Fsp3) is 0.846. The maximum Gasteiger partial charge on any atom is 0.318 e. The average molecular weight is 355 g/mol. The summed E-state index contributed by atoms with van der Waals surface area (Å²) in [5.74, 6) is -0.375. The SMILES string of the molecule is CCC(Br)(CC)C(=O)NC(N)=O.CCOCCOCC. The van der Waals surface area contributed by atoms with Crippen molar-refractivity contribution in [3.05, 3.63) is 0 Å². The lowest BCUT2D eigenvalue weighted by Gasteiger charge is -2.21. The van der Waals surface area contributed by atoms with Crippen LogP contribution in [-0.2, 0) is 14.3 Å². The monoisotopic (exact) mass is 354 g/mol. The Morgan fingerprint density at radius 1 is 1.05 bits per heavy atom. The lowest BCUT2D eigenvalue weighted by molar-refractivity contribution is -0.122. The Bertz CT molecular complexity index is 265. The second-order valence-corrected chi connectivity index (χ2v) is 5.40. The van der Waals surface area contributed by atoms with Crippen molar-refractivity contribution < 1.29 is 19.1 Å². The summed E-state index contributed by atoms with van der Waals surface area (Å²) < 4.78 is 9.36. The molecule has 0 bridgehead atoms. The zero-order chi connectivity index (χ0) is 16.0. The molecule has 0 atom stereocenters. The van der Waals surface area contributed by atoms with Crippen molar-refractivity contribution in [2.75, 3.05) is 26.4 Å². The maximum absolute atomic E-state index is 11.3. The van der Waals surface area contributed by atoms with Gasteiger partial charge < -0.3 is 15.2 Å². The Morgan fingerprint density at radius 3 is 1.70 bits per heavy atom. The van der Waals surface area contributed by atoms with Crippen molar-refractivity contribution in [1.82, 2.24) is 5.32 Å². The number of carbonyl (C=O) groups excluding carboxylic acids is 2. The molecule has 0 fully saturated rings. The van der Waals surface area contributed by atoms with Crippen molar-refractivity contribution in [3.63, 3.8) is 0 Å². The van der Waals surface area contributed by atoms with Gasteiger partial charge in [-0.25, -0.2) is 4.79 Å². The second kappa shape index (κ2) is 13.3. The molecule has 0 heterocycles. The Hall–Kier alpha value is -0.660. The van der Waals surface area contributed by atoms with Crippen molar-refractivity contribution in [1.29, 1.82) is 0 Å². The van der Waals surface area contributed by atoms with Gasteiger partial charge in [0.25, 0.3) is 0 Å². The van der Waals surface area contributed by atoms with Crippen LogP contribution in [0, 0.1) is 0 Å². The number of hydrogen-bond acceptors (Lipinski definition) is 4. The minimum atomic E-state index is -0.814. The van der Waals surface area contributed by atoms with Crippen molar-refractivity contribution in [2.45, 2.75) is 44.9 Å². The van der Waals surface area contributed by atoms with Crippen LogP contribution < -0.4 is 11.1 Å². The molecular formula is C13H27BrN2O4. The third kappa shape index (κ3) is 11.2. The lowest BCUT2D eigenvalue weighted by atomic mass is 10.0. The van der Waals surface area contributed by atoms with Crippen LogP contribution >= 0.6 is 15.9 Å². The number of alkyl halides is 1. The van der Waals surface area contributed by atoms with Gasteiger partial charge in [-0.2, -0.15) is 0 Å². The van der Waals surface area contributed by atoms with E-state index in [1.54, 1.807) is 0 Å². The highest BCUT2D eigenvalue weighted by Crippen LogP contribution is 2.26. The fourth-order valence-corrected chi connectivity index (χ4v) is 1.30. The highest BCUT2D eigenvalue weighted by atomic mass is 79.9. The summed E-state index contributed by atoms with van der Waals surface area (Å²) >= 11 is 3.26. The normalized spacial score (nSPS) is 10.4. The first-order chi connectivity index (χ1) is 9.37. The van der Waals surface area contributed by atoms with Crippen LogP contribution in [0.15, 0.2) is 0 Å². The Kier molecular flexibility index (Phi) is 14.4. The first-order valence-electron chi connectivity index (χ1n) is 6.83. The summed E-state index contributed by atoms with van der Waals surface area (Å²) in [6.07, 6.45) is 1.23. The summed E-state index contributed by atoms with van der Waals surface area (Å²) in [5.41, 5.74) is 4.81. The number of amides is 3. The van der Waals surface area contributed by atoms with Gasteiger partial charge in [0.15, 0.2) is 0 Å². The molecule has 0 aliphatic carbocycles. The van der Waals surface area contributed by atoms with Crippen LogP contribution in [0.4, 0.5) is 4.79 Å². The molecule has 6 nitrogen and oxygen atoms in total. The number of carbonyl (C=O) groups is 2. The van der Waals surface area contributed by atoms with Gasteiger partial charge in [0.2, 0.25) is 5.91 Å². The highest BCUT2D eigenvalue weighted by molar-refractivity contribution is 9.10. The standard InChI is InChI=1S/C7H13BrN2O2.C6H14O2/c1-3-7(8,4-2)5(11)10-6(9)12;1-3-7-5-6-8-4-2/h3-4H2,1-2H3,(H3,9,10,11,12);3-6H2,1-2H3. The Labute approximate surface area is 129 Å². The summed E-state index contributed by atoms with van der Waals surface area (Å²) in [6.45, 7) is 10.7. The van der Waals surface area contributed by atoms with Crippen molar-refractivity contribution >= 4 is 27.9 Å². The van der Waals surface area contributed by atoms with Crippen LogP contribution in [0.25, 0.3) is 0 Å².